The quantitative estimate of drug-likeness (QED) is 0.491. The molecule has 0 aromatic rings. The van der Waals surface area contributed by atoms with Crippen LogP contribution in [0.5, 0.6) is 0 Å². The highest BCUT2D eigenvalue weighted by Gasteiger charge is 2.55. The number of esters is 1. The van der Waals surface area contributed by atoms with Crippen molar-refractivity contribution in [1.29, 1.82) is 0 Å². The Kier molecular flexibility index (Phi) is 5.47. The van der Waals surface area contributed by atoms with Crippen LogP contribution in [0, 0.1) is 40.9 Å². The summed E-state index contributed by atoms with van der Waals surface area (Å²) in [6, 6.07) is 0. The van der Waals surface area contributed by atoms with Gasteiger partial charge in [-0.25, -0.2) is 0 Å². The molecule has 2 heteroatoms. The van der Waals surface area contributed by atoms with Crippen LogP contribution in [0.25, 0.3) is 0 Å². The zero-order chi connectivity index (χ0) is 19.2. The molecule has 2 fully saturated rings. The van der Waals surface area contributed by atoms with Crippen LogP contribution in [0.1, 0.15) is 98.3 Å². The number of carbonyl (C=O) groups excluding carboxylic acids is 1. The van der Waals surface area contributed by atoms with E-state index < -0.39 is 0 Å². The van der Waals surface area contributed by atoms with Crippen molar-refractivity contribution in [3.63, 3.8) is 0 Å². The molecule has 0 amide bonds. The van der Waals surface area contributed by atoms with Crippen molar-refractivity contribution < 1.29 is 9.53 Å². The number of ether oxygens (including phenoxy) is 1. The van der Waals surface area contributed by atoms with Crippen molar-refractivity contribution in [1.82, 2.24) is 0 Å². The topological polar surface area (TPSA) is 26.3 Å². The van der Waals surface area contributed by atoms with Gasteiger partial charge in [0.1, 0.15) is 5.76 Å². The van der Waals surface area contributed by atoms with Crippen molar-refractivity contribution in [3.05, 3.63) is 11.3 Å². The van der Waals surface area contributed by atoms with Gasteiger partial charge in [-0.1, -0.05) is 59.8 Å². The molecule has 0 aromatic heterocycles. The third-order valence-corrected chi connectivity index (χ3v) is 8.83. The van der Waals surface area contributed by atoms with Crippen LogP contribution in [-0.4, -0.2) is 5.97 Å². The first-order valence-corrected chi connectivity index (χ1v) is 11.9. The minimum absolute atomic E-state index is 0.108. The summed E-state index contributed by atoms with van der Waals surface area (Å²) in [5.41, 5.74) is 1.91. The van der Waals surface area contributed by atoms with Crippen LogP contribution in [0.2, 0.25) is 0 Å². The molecule has 152 valence electrons. The van der Waals surface area contributed by atoms with E-state index in [9.17, 15) is 4.79 Å². The number of hydrogen-bond donors (Lipinski definition) is 0. The number of carbonyl (C=O) groups is 1. The molecule has 4 rings (SSSR count). The molecule has 3 aliphatic carbocycles. The van der Waals surface area contributed by atoms with Crippen LogP contribution in [0.15, 0.2) is 11.3 Å². The Morgan fingerprint density at radius 1 is 1.04 bits per heavy atom. The van der Waals surface area contributed by atoms with Gasteiger partial charge in [-0.3, -0.25) is 4.79 Å². The first-order valence-electron chi connectivity index (χ1n) is 11.9. The van der Waals surface area contributed by atoms with Gasteiger partial charge < -0.3 is 4.74 Å². The molecular weight excluding hydrogens is 332 g/mol. The molecule has 2 saturated carbocycles. The van der Waals surface area contributed by atoms with Gasteiger partial charge in [0.05, 0.1) is 5.92 Å². The lowest BCUT2D eigenvalue weighted by Gasteiger charge is -2.48. The fourth-order valence-corrected chi connectivity index (χ4v) is 7.31. The molecule has 0 aromatic carbocycles. The molecule has 0 saturated heterocycles. The first-order chi connectivity index (χ1) is 12.9. The lowest BCUT2D eigenvalue weighted by atomic mass is 9.59. The summed E-state index contributed by atoms with van der Waals surface area (Å²) >= 11 is 0. The number of hydrogen-bond acceptors (Lipinski definition) is 2. The van der Waals surface area contributed by atoms with Crippen LogP contribution in [0.4, 0.5) is 0 Å². The summed E-state index contributed by atoms with van der Waals surface area (Å²) in [5.74, 6) is 4.87. The average Bonchev–Trinajstić information content (AvgIpc) is 2.99. The normalized spacial score (nSPS) is 39.7. The highest BCUT2D eigenvalue weighted by molar-refractivity contribution is 5.76. The van der Waals surface area contributed by atoms with Gasteiger partial charge in [0, 0.05) is 5.92 Å². The van der Waals surface area contributed by atoms with Crippen molar-refractivity contribution in [2.75, 3.05) is 0 Å². The molecule has 1 heterocycles. The Bertz CT molecular complexity index is 603. The van der Waals surface area contributed by atoms with E-state index in [4.69, 9.17) is 4.74 Å². The van der Waals surface area contributed by atoms with Gasteiger partial charge in [0.15, 0.2) is 0 Å². The Labute approximate surface area is 166 Å². The summed E-state index contributed by atoms with van der Waals surface area (Å²) in [7, 11) is 0. The maximum atomic E-state index is 12.7. The number of allylic oxidation sites excluding steroid dienone is 2. The summed E-state index contributed by atoms with van der Waals surface area (Å²) in [6.07, 6.45) is 13.9. The highest BCUT2D eigenvalue weighted by atomic mass is 16.5. The van der Waals surface area contributed by atoms with Crippen LogP contribution >= 0.6 is 0 Å². The molecule has 4 unspecified atom stereocenters. The molecule has 2 nitrogen and oxygen atoms in total. The third kappa shape index (κ3) is 3.40. The van der Waals surface area contributed by atoms with Crippen LogP contribution < -0.4 is 0 Å². The second-order valence-electron chi connectivity index (χ2n) is 10.9. The predicted octanol–water partition coefficient (Wildman–Crippen LogP) is 6.89. The number of fused-ring (bicyclic) bond motifs is 4. The van der Waals surface area contributed by atoms with Gasteiger partial charge in [0.2, 0.25) is 0 Å². The van der Waals surface area contributed by atoms with Gasteiger partial charge >= 0.3 is 5.97 Å². The lowest BCUT2D eigenvalue weighted by Crippen LogP contribution is -2.43. The smallest absolute Gasteiger partial charge is 0.314 e. The molecular formula is C25H40O2. The van der Waals surface area contributed by atoms with Crippen molar-refractivity contribution >= 4 is 5.97 Å². The van der Waals surface area contributed by atoms with Crippen molar-refractivity contribution in [2.24, 2.45) is 40.9 Å². The van der Waals surface area contributed by atoms with Gasteiger partial charge in [-0.05, 0) is 73.2 Å². The maximum absolute atomic E-state index is 12.7. The standard InChI is InChI=1S/C25H40O2/c1-16(2)8-7-9-17(3)21-12-13-22-23-19(14-15-25(21,22)4)18-10-5-6-11-20(18)24(26)27-23/h16-18,20-22H,5-15H2,1-4H3/t17-,18?,20?,21?,22?,25-/m1/s1. The van der Waals surface area contributed by atoms with E-state index in [0.29, 0.717) is 17.3 Å². The van der Waals surface area contributed by atoms with E-state index in [1.807, 2.05) is 0 Å². The molecule has 0 radical (unpaired) electrons. The fourth-order valence-electron chi connectivity index (χ4n) is 7.31. The minimum atomic E-state index is 0.108. The Morgan fingerprint density at radius 2 is 1.78 bits per heavy atom. The Balaban J connectivity index is 1.52. The maximum Gasteiger partial charge on any atom is 0.314 e. The second kappa shape index (κ2) is 7.56. The van der Waals surface area contributed by atoms with E-state index in [1.54, 1.807) is 5.57 Å². The van der Waals surface area contributed by atoms with Crippen LogP contribution in [0.3, 0.4) is 0 Å². The first kappa shape index (κ1) is 19.5. The van der Waals surface area contributed by atoms with E-state index >= 15 is 0 Å². The van der Waals surface area contributed by atoms with E-state index in [0.717, 1.165) is 29.9 Å². The van der Waals surface area contributed by atoms with Gasteiger partial charge in [-0.15, -0.1) is 0 Å². The average molecular weight is 373 g/mol. The van der Waals surface area contributed by atoms with E-state index in [1.165, 1.54) is 64.2 Å². The van der Waals surface area contributed by atoms with E-state index in [-0.39, 0.29) is 11.9 Å². The Morgan fingerprint density at radius 3 is 2.52 bits per heavy atom. The number of rotatable bonds is 5. The third-order valence-electron chi connectivity index (χ3n) is 8.83. The molecule has 0 spiro atoms. The monoisotopic (exact) mass is 372 g/mol. The molecule has 27 heavy (non-hydrogen) atoms. The SMILES string of the molecule is CC(C)CCC[C@@H](C)C1CCC2C3=C(CC[C@@]21C)C1CCCCC1C(=O)O3. The van der Waals surface area contributed by atoms with Crippen molar-refractivity contribution in [3.8, 4) is 0 Å². The second-order valence-corrected chi connectivity index (χ2v) is 10.9. The molecule has 4 aliphatic rings. The highest BCUT2D eigenvalue weighted by Crippen LogP contribution is 2.62. The molecule has 1 aliphatic heterocycles. The largest absolute Gasteiger partial charge is 0.431 e. The predicted molar refractivity (Wildman–Crippen MR) is 110 cm³/mol. The van der Waals surface area contributed by atoms with Crippen molar-refractivity contribution in [2.45, 2.75) is 98.3 Å². The molecule has 6 atom stereocenters. The molecule has 0 N–H and O–H groups in total. The van der Waals surface area contributed by atoms with Crippen LogP contribution in [-0.2, 0) is 9.53 Å². The lowest BCUT2D eigenvalue weighted by molar-refractivity contribution is -0.152. The van der Waals surface area contributed by atoms with Gasteiger partial charge in [-0.2, -0.15) is 0 Å². The zero-order valence-corrected chi connectivity index (χ0v) is 18.1. The minimum Gasteiger partial charge on any atom is -0.431 e. The summed E-state index contributed by atoms with van der Waals surface area (Å²) in [6.45, 7) is 9.69. The zero-order valence-electron chi connectivity index (χ0n) is 18.1. The summed E-state index contributed by atoms with van der Waals surface area (Å²) in [4.78, 5) is 12.7. The van der Waals surface area contributed by atoms with Gasteiger partial charge in [0.25, 0.3) is 0 Å². The summed E-state index contributed by atoms with van der Waals surface area (Å²) in [5, 5.41) is 0. The Hall–Kier alpha value is -0.790. The van der Waals surface area contributed by atoms with E-state index in [2.05, 4.69) is 27.7 Å². The molecule has 0 bridgehead atoms. The summed E-state index contributed by atoms with van der Waals surface area (Å²) < 4.78 is 6.12. The fraction of sp³-hybridized carbons (Fsp3) is 0.880.